The Morgan fingerprint density at radius 1 is 0.217 bits per heavy atom. The molecule has 0 aliphatic rings. The minimum Gasteiger partial charge on any atom is -0.356 e. The predicted molar refractivity (Wildman–Crippen MR) is 268 cm³/mol. The summed E-state index contributed by atoms with van der Waals surface area (Å²) in [7, 11) is 0. The second-order valence-electron chi connectivity index (χ2n) is 19.5. The molecule has 0 fully saturated rings. The molecule has 0 aromatic carbocycles. The predicted octanol–water partition coefficient (Wildman–Crippen LogP) is 18.8. The van der Waals surface area contributed by atoms with E-state index >= 15 is 0 Å². The quantitative estimate of drug-likeness (QED) is 0.0599. The molecule has 0 aromatic heterocycles. The van der Waals surface area contributed by atoms with Gasteiger partial charge in [0.05, 0.1) is 0 Å². The van der Waals surface area contributed by atoms with Crippen LogP contribution in [-0.4, -0.2) is 24.9 Å². The highest BCUT2D eigenvalue weighted by Gasteiger charge is 2.03. The Hall–Kier alpha value is -1.06. The van der Waals surface area contributed by atoms with E-state index < -0.39 is 0 Å². The van der Waals surface area contributed by atoms with Gasteiger partial charge in [0, 0.05) is 25.9 Å². The normalized spacial score (nSPS) is 11.4. The maximum absolute atomic E-state index is 12.2. The van der Waals surface area contributed by atoms with Crippen molar-refractivity contribution in [2.75, 3.05) is 13.1 Å². The van der Waals surface area contributed by atoms with Crippen LogP contribution in [0.2, 0.25) is 0 Å². The number of rotatable bonds is 53. The van der Waals surface area contributed by atoms with Gasteiger partial charge in [-0.05, 0) is 25.7 Å². The fourth-order valence-electron chi connectivity index (χ4n) is 9.02. The zero-order valence-corrected chi connectivity index (χ0v) is 41.6. The van der Waals surface area contributed by atoms with Gasteiger partial charge < -0.3 is 10.6 Å². The molecule has 0 aliphatic heterocycles. The Morgan fingerprint density at radius 3 is 0.550 bits per heavy atom. The molecule has 2 amide bonds. The maximum atomic E-state index is 12.2. The van der Waals surface area contributed by atoms with Crippen molar-refractivity contribution in [3.63, 3.8) is 0 Å². The summed E-state index contributed by atoms with van der Waals surface area (Å²) in [4.78, 5) is 24.4. The highest BCUT2D eigenvalue weighted by molar-refractivity contribution is 5.76. The molecule has 4 heteroatoms. The molecule has 358 valence electrons. The van der Waals surface area contributed by atoms with Crippen molar-refractivity contribution >= 4 is 11.8 Å². The number of carbonyl (C=O) groups is 2. The Labute approximate surface area is 378 Å². The van der Waals surface area contributed by atoms with Crippen molar-refractivity contribution in [3.8, 4) is 0 Å². The number of hydrogen-bond acceptors (Lipinski definition) is 2. The molecule has 0 unspecified atom stereocenters. The van der Waals surface area contributed by atoms with Crippen molar-refractivity contribution in [1.82, 2.24) is 10.6 Å². The Morgan fingerprint density at radius 2 is 0.367 bits per heavy atom. The first-order valence-electron chi connectivity index (χ1n) is 28.2. The van der Waals surface area contributed by atoms with Crippen LogP contribution in [0.4, 0.5) is 0 Å². The summed E-state index contributed by atoms with van der Waals surface area (Å²) in [5, 5.41) is 6.23. The van der Waals surface area contributed by atoms with Crippen LogP contribution in [0.1, 0.15) is 335 Å². The molecule has 0 atom stereocenters. The molecule has 0 spiro atoms. The first kappa shape index (κ1) is 58.9. The van der Waals surface area contributed by atoms with E-state index in [1.54, 1.807) is 0 Å². The average molecular weight is 846 g/mol. The van der Waals surface area contributed by atoms with E-state index in [-0.39, 0.29) is 11.8 Å². The molecule has 0 rings (SSSR count). The highest BCUT2D eigenvalue weighted by Crippen LogP contribution is 2.17. The fraction of sp³-hybridized carbons (Fsp3) is 0.964. The third kappa shape index (κ3) is 53.1. The third-order valence-electron chi connectivity index (χ3n) is 13.3. The molecule has 0 saturated heterocycles. The van der Waals surface area contributed by atoms with E-state index in [4.69, 9.17) is 0 Å². The van der Waals surface area contributed by atoms with Gasteiger partial charge in [0.15, 0.2) is 0 Å². The summed E-state index contributed by atoms with van der Waals surface area (Å²) in [5.41, 5.74) is 0. The Bertz CT molecular complexity index is 749. The molecule has 0 saturated carbocycles. The lowest BCUT2D eigenvalue weighted by Crippen LogP contribution is -2.24. The van der Waals surface area contributed by atoms with Crippen LogP contribution in [0.15, 0.2) is 0 Å². The molecular formula is C56H112N2O2. The van der Waals surface area contributed by atoms with Gasteiger partial charge in [-0.1, -0.05) is 296 Å². The number of amides is 2. The third-order valence-corrected chi connectivity index (χ3v) is 13.3. The average Bonchev–Trinajstić information content (AvgIpc) is 3.25. The van der Waals surface area contributed by atoms with Crippen LogP contribution < -0.4 is 10.6 Å². The number of nitrogens with one attached hydrogen (secondary N) is 2. The van der Waals surface area contributed by atoms with E-state index in [9.17, 15) is 9.59 Å². The second-order valence-corrected chi connectivity index (χ2v) is 19.5. The minimum atomic E-state index is 0.228. The van der Waals surface area contributed by atoms with Gasteiger partial charge in [-0.25, -0.2) is 0 Å². The van der Waals surface area contributed by atoms with Gasteiger partial charge in [-0.3, -0.25) is 9.59 Å². The Balaban J connectivity index is 3.22. The van der Waals surface area contributed by atoms with Crippen molar-refractivity contribution < 1.29 is 9.59 Å². The zero-order valence-electron chi connectivity index (χ0n) is 41.6. The largest absolute Gasteiger partial charge is 0.356 e. The monoisotopic (exact) mass is 845 g/mol. The summed E-state index contributed by atoms with van der Waals surface area (Å²) in [6.07, 6.45) is 67.1. The van der Waals surface area contributed by atoms with Crippen molar-refractivity contribution in [3.05, 3.63) is 0 Å². The van der Waals surface area contributed by atoms with Crippen LogP contribution in [0.25, 0.3) is 0 Å². The highest BCUT2D eigenvalue weighted by atomic mass is 16.2. The molecular weight excluding hydrogens is 733 g/mol. The molecule has 60 heavy (non-hydrogen) atoms. The van der Waals surface area contributed by atoms with Crippen LogP contribution in [-0.2, 0) is 9.59 Å². The standard InChI is InChI=1S/C56H112N2O2/c1-3-5-7-9-11-13-15-17-19-21-23-25-27-29-31-33-35-37-39-41-43-47-51-55(59)57-53-49-45-46-50-54-58-56(60)52-48-44-42-40-38-36-34-32-30-28-26-24-22-20-18-16-14-12-10-8-6-4-2/h3-54H2,1-2H3,(H,57,59)(H,58,60). The fourth-order valence-corrected chi connectivity index (χ4v) is 9.02. The van der Waals surface area contributed by atoms with Crippen LogP contribution in [0.5, 0.6) is 0 Å². The van der Waals surface area contributed by atoms with E-state index in [1.165, 1.54) is 270 Å². The van der Waals surface area contributed by atoms with Crippen LogP contribution in [0.3, 0.4) is 0 Å². The SMILES string of the molecule is CCCCCCCCCCCCCCCCCCCCCCCCC(=O)NCCCCCCNC(=O)CCCCCCCCCCCCCCCCCCCCCCCC. The molecule has 0 aliphatic carbocycles. The maximum Gasteiger partial charge on any atom is 0.219 e. The Kier molecular flexibility index (Phi) is 53.1. The van der Waals surface area contributed by atoms with Crippen molar-refractivity contribution in [1.29, 1.82) is 0 Å². The lowest BCUT2D eigenvalue weighted by molar-refractivity contribution is -0.122. The minimum absolute atomic E-state index is 0.228. The summed E-state index contributed by atoms with van der Waals surface area (Å²) in [6, 6.07) is 0. The first-order chi connectivity index (χ1) is 29.7. The number of carbonyl (C=O) groups excluding carboxylic acids is 2. The summed E-state index contributed by atoms with van der Waals surface area (Å²) >= 11 is 0. The molecule has 0 radical (unpaired) electrons. The molecule has 0 bridgehead atoms. The van der Waals surface area contributed by atoms with E-state index in [0.717, 1.165) is 51.6 Å². The van der Waals surface area contributed by atoms with Crippen molar-refractivity contribution in [2.24, 2.45) is 0 Å². The first-order valence-corrected chi connectivity index (χ1v) is 28.2. The van der Waals surface area contributed by atoms with Crippen LogP contribution in [0, 0.1) is 0 Å². The lowest BCUT2D eigenvalue weighted by atomic mass is 10.0. The molecule has 0 heterocycles. The number of unbranched alkanes of at least 4 members (excludes halogenated alkanes) is 45. The van der Waals surface area contributed by atoms with Gasteiger partial charge >= 0.3 is 0 Å². The molecule has 0 aromatic rings. The van der Waals surface area contributed by atoms with Crippen LogP contribution >= 0.6 is 0 Å². The molecule has 4 nitrogen and oxygen atoms in total. The van der Waals surface area contributed by atoms with Gasteiger partial charge in [0.2, 0.25) is 11.8 Å². The van der Waals surface area contributed by atoms with Gasteiger partial charge in [-0.15, -0.1) is 0 Å². The van der Waals surface area contributed by atoms with Gasteiger partial charge in [0.25, 0.3) is 0 Å². The van der Waals surface area contributed by atoms with Crippen molar-refractivity contribution in [2.45, 2.75) is 335 Å². The molecule has 2 N–H and O–H groups in total. The lowest BCUT2D eigenvalue weighted by Gasteiger charge is -2.07. The smallest absolute Gasteiger partial charge is 0.219 e. The van der Waals surface area contributed by atoms with Gasteiger partial charge in [0.1, 0.15) is 0 Å². The second kappa shape index (κ2) is 54.1. The van der Waals surface area contributed by atoms with Gasteiger partial charge in [-0.2, -0.15) is 0 Å². The van der Waals surface area contributed by atoms with E-state index in [2.05, 4.69) is 24.5 Å². The number of hydrogen-bond donors (Lipinski definition) is 2. The summed E-state index contributed by atoms with van der Waals surface area (Å²) < 4.78 is 0. The zero-order chi connectivity index (χ0) is 43.3. The summed E-state index contributed by atoms with van der Waals surface area (Å²) in [5.74, 6) is 0.455. The topological polar surface area (TPSA) is 58.2 Å². The van der Waals surface area contributed by atoms with E-state index in [0.29, 0.717) is 12.8 Å². The summed E-state index contributed by atoms with van der Waals surface area (Å²) in [6.45, 7) is 6.19. The van der Waals surface area contributed by atoms with E-state index in [1.807, 2.05) is 0 Å².